The van der Waals surface area contributed by atoms with Crippen molar-refractivity contribution in [2.75, 3.05) is 10.6 Å². The van der Waals surface area contributed by atoms with Gasteiger partial charge in [0.25, 0.3) is 0 Å². The zero-order valence-corrected chi connectivity index (χ0v) is 18.0. The Morgan fingerprint density at radius 1 is 1.13 bits per heavy atom. The maximum Gasteiger partial charge on any atom is 0.411 e. The van der Waals surface area contributed by atoms with Gasteiger partial charge in [-0.1, -0.05) is 0 Å². The molecule has 1 atom stereocenters. The van der Waals surface area contributed by atoms with Gasteiger partial charge in [-0.3, -0.25) is 5.32 Å². The third-order valence-electron chi connectivity index (χ3n) is 4.63. The standard InChI is InChI=1S/C23H26N4O4/c1-14(2)30-22(29)26-17-9-10-20-18(11-17)19(12-23(3,4)31-20)27-21(28)25-16-7-5-15(13-24)6-8-16/h5-11,14,19H,12H2,1-4H3,(H,26,29)(H2,25,27,28). The first-order valence-electron chi connectivity index (χ1n) is 10.0. The second kappa shape index (κ2) is 8.96. The van der Waals surface area contributed by atoms with Crippen LogP contribution in [0.25, 0.3) is 0 Å². The molecule has 8 heteroatoms. The minimum atomic E-state index is -0.546. The zero-order valence-electron chi connectivity index (χ0n) is 18.0. The molecule has 3 N–H and O–H groups in total. The maximum absolute atomic E-state index is 12.6. The Kier molecular flexibility index (Phi) is 6.35. The van der Waals surface area contributed by atoms with E-state index in [0.717, 1.165) is 5.56 Å². The van der Waals surface area contributed by atoms with Crippen LogP contribution in [0.4, 0.5) is 21.0 Å². The van der Waals surface area contributed by atoms with Crippen LogP contribution in [0.15, 0.2) is 42.5 Å². The second-order valence-electron chi connectivity index (χ2n) is 8.24. The van der Waals surface area contributed by atoms with Crippen molar-refractivity contribution in [3.8, 4) is 11.8 Å². The Labute approximate surface area is 181 Å². The molecule has 0 aromatic heterocycles. The number of hydrogen-bond acceptors (Lipinski definition) is 5. The fraction of sp³-hybridized carbons (Fsp3) is 0.348. The number of ether oxygens (including phenoxy) is 2. The summed E-state index contributed by atoms with van der Waals surface area (Å²) >= 11 is 0. The van der Waals surface area contributed by atoms with E-state index in [-0.39, 0.29) is 18.2 Å². The molecule has 0 fully saturated rings. The quantitative estimate of drug-likeness (QED) is 0.646. The lowest BCUT2D eigenvalue weighted by Gasteiger charge is -2.38. The molecular weight excluding hydrogens is 396 g/mol. The molecule has 8 nitrogen and oxygen atoms in total. The molecule has 3 amide bonds. The molecule has 0 radical (unpaired) electrons. The van der Waals surface area contributed by atoms with Crippen LogP contribution < -0.4 is 20.7 Å². The minimum Gasteiger partial charge on any atom is -0.487 e. The van der Waals surface area contributed by atoms with Gasteiger partial charge in [-0.15, -0.1) is 0 Å². The Morgan fingerprint density at radius 2 is 1.81 bits per heavy atom. The molecule has 0 bridgehead atoms. The second-order valence-corrected chi connectivity index (χ2v) is 8.24. The van der Waals surface area contributed by atoms with Crippen molar-refractivity contribution in [3.63, 3.8) is 0 Å². The third kappa shape index (κ3) is 5.89. The smallest absolute Gasteiger partial charge is 0.411 e. The number of nitrogens with one attached hydrogen (secondary N) is 3. The number of benzene rings is 2. The normalized spacial score (nSPS) is 16.3. The number of fused-ring (bicyclic) bond motifs is 1. The largest absolute Gasteiger partial charge is 0.487 e. The average Bonchev–Trinajstić information content (AvgIpc) is 2.67. The highest BCUT2D eigenvalue weighted by Gasteiger charge is 2.35. The van der Waals surface area contributed by atoms with E-state index in [9.17, 15) is 9.59 Å². The van der Waals surface area contributed by atoms with Crippen LogP contribution in [-0.2, 0) is 4.74 Å². The highest BCUT2D eigenvalue weighted by Crippen LogP contribution is 2.40. The summed E-state index contributed by atoms with van der Waals surface area (Å²) in [6.07, 6.45) is -0.238. The molecule has 162 valence electrons. The summed E-state index contributed by atoms with van der Waals surface area (Å²) < 4.78 is 11.2. The summed E-state index contributed by atoms with van der Waals surface area (Å²) in [6, 6.07) is 13.2. The van der Waals surface area contributed by atoms with Crippen molar-refractivity contribution in [2.24, 2.45) is 0 Å². The molecule has 1 unspecified atom stereocenters. The van der Waals surface area contributed by atoms with E-state index in [1.807, 2.05) is 19.9 Å². The Morgan fingerprint density at radius 3 is 2.45 bits per heavy atom. The summed E-state index contributed by atoms with van der Waals surface area (Å²) in [6.45, 7) is 7.45. The SMILES string of the molecule is CC(C)OC(=O)Nc1ccc2c(c1)C(NC(=O)Nc1ccc(C#N)cc1)CC(C)(C)O2. The van der Waals surface area contributed by atoms with Crippen molar-refractivity contribution in [3.05, 3.63) is 53.6 Å². The first-order valence-corrected chi connectivity index (χ1v) is 10.0. The molecular formula is C23H26N4O4. The van der Waals surface area contributed by atoms with Gasteiger partial charge in [0.05, 0.1) is 23.8 Å². The van der Waals surface area contributed by atoms with Crippen LogP contribution in [0.3, 0.4) is 0 Å². The predicted octanol–water partition coefficient (Wildman–Crippen LogP) is 4.94. The van der Waals surface area contributed by atoms with Crippen molar-refractivity contribution in [1.29, 1.82) is 5.26 Å². The van der Waals surface area contributed by atoms with Crippen molar-refractivity contribution < 1.29 is 19.1 Å². The number of amides is 3. The first kappa shape index (κ1) is 22.0. The van der Waals surface area contributed by atoms with E-state index in [2.05, 4.69) is 16.0 Å². The van der Waals surface area contributed by atoms with Gasteiger partial charge >= 0.3 is 12.1 Å². The fourth-order valence-corrected chi connectivity index (χ4v) is 3.38. The molecule has 1 aliphatic heterocycles. The van der Waals surface area contributed by atoms with E-state index in [0.29, 0.717) is 29.1 Å². The highest BCUT2D eigenvalue weighted by molar-refractivity contribution is 5.90. The Hall–Kier alpha value is -3.73. The van der Waals surface area contributed by atoms with E-state index in [4.69, 9.17) is 14.7 Å². The van der Waals surface area contributed by atoms with Crippen LogP contribution in [-0.4, -0.2) is 23.8 Å². The number of rotatable bonds is 4. The third-order valence-corrected chi connectivity index (χ3v) is 4.63. The van der Waals surface area contributed by atoms with Crippen LogP contribution in [0.1, 0.15) is 51.3 Å². The molecule has 0 spiro atoms. The topological polar surface area (TPSA) is 112 Å². The van der Waals surface area contributed by atoms with E-state index < -0.39 is 11.7 Å². The fourth-order valence-electron chi connectivity index (χ4n) is 3.38. The summed E-state index contributed by atoms with van der Waals surface area (Å²) in [5.41, 5.74) is 1.92. The van der Waals surface area contributed by atoms with Crippen LogP contribution >= 0.6 is 0 Å². The number of carbonyl (C=O) groups excluding carboxylic acids is 2. The monoisotopic (exact) mass is 422 g/mol. The van der Waals surface area contributed by atoms with Gasteiger partial charge in [0, 0.05) is 23.4 Å². The number of nitrogens with zero attached hydrogens (tertiary/aromatic N) is 1. The van der Waals surface area contributed by atoms with Gasteiger partial charge in [0.15, 0.2) is 0 Å². The minimum absolute atomic E-state index is 0.234. The van der Waals surface area contributed by atoms with E-state index >= 15 is 0 Å². The molecule has 31 heavy (non-hydrogen) atoms. The number of urea groups is 1. The maximum atomic E-state index is 12.6. The van der Waals surface area contributed by atoms with Crippen LogP contribution in [0.2, 0.25) is 0 Å². The number of anilines is 2. The van der Waals surface area contributed by atoms with Gasteiger partial charge in [0.1, 0.15) is 11.4 Å². The molecule has 1 aliphatic rings. The van der Waals surface area contributed by atoms with Crippen molar-refractivity contribution >= 4 is 23.5 Å². The predicted molar refractivity (Wildman–Crippen MR) is 117 cm³/mol. The summed E-state index contributed by atoms with van der Waals surface area (Å²) in [5.74, 6) is 0.641. The zero-order chi connectivity index (χ0) is 22.6. The number of nitriles is 1. The van der Waals surface area contributed by atoms with E-state index in [1.54, 1.807) is 56.3 Å². The van der Waals surface area contributed by atoms with E-state index in [1.165, 1.54) is 0 Å². The molecule has 1 heterocycles. The van der Waals surface area contributed by atoms with Gasteiger partial charge in [-0.2, -0.15) is 5.26 Å². The lowest BCUT2D eigenvalue weighted by Crippen LogP contribution is -2.42. The molecule has 0 saturated carbocycles. The molecule has 2 aromatic carbocycles. The molecule has 0 saturated heterocycles. The lowest BCUT2D eigenvalue weighted by molar-refractivity contribution is 0.0683. The molecule has 2 aromatic rings. The van der Waals surface area contributed by atoms with Crippen LogP contribution in [0.5, 0.6) is 5.75 Å². The molecule has 0 aliphatic carbocycles. The van der Waals surface area contributed by atoms with Gasteiger partial charge < -0.3 is 20.1 Å². The van der Waals surface area contributed by atoms with Crippen molar-refractivity contribution in [1.82, 2.24) is 5.32 Å². The first-order chi connectivity index (χ1) is 14.6. The summed E-state index contributed by atoms with van der Waals surface area (Å²) in [5, 5.41) is 17.3. The average molecular weight is 422 g/mol. The van der Waals surface area contributed by atoms with Gasteiger partial charge in [-0.05, 0) is 70.2 Å². The lowest BCUT2D eigenvalue weighted by atomic mass is 9.89. The van der Waals surface area contributed by atoms with Gasteiger partial charge in [-0.25, -0.2) is 9.59 Å². The summed E-state index contributed by atoms with van der Waals surface area (Å²) in [7, 11) is 0. The van der Waals surface area contributed by atoms with Crippen LogP contribution in [0, 0.1) is 11.3 Å². The van der Waals surface area contributed by atoms with Gasteiger partial charge in [0.2, 0.25) is 0 Å². The van der Waals surface area contributed by atoms with Crippen molar-refractivity contribution in [2.45, 2.75) is 51.9 Å². The number of carbonyl (C=O) groups is 2. The highest BCUT2D eigenvalue weighted by atomic mass is 16.6. The Bertz CT molecular complexity index is 1010. The number of hydrogen-bond donors (Lipinski definition) is 3. The Balaban J connectivity index is 1.76. The molecule has 3 rings (SSSR count). The summed E-state index contributed by atoms with van der Waals surface area (Å²) in [4.78, 5) is 24.6.